The SMILES string of the molecule is COC(CC(=O)c1ccccc1)(OC)C(F)(F)C(F)(F)C(F)(F)C(F)(F)F. The van der Waals surface area contributed by atoms with E-state index in [4.69, 9.17) is 0 Å². The average Bonchev–Trinajstić information content (AvgIpc) is 2.58. The van der Waals surface area contributed by atoms with Crippen molar-refractivity contribution in [2.24, 2.45) is 0 Å². The van der Waals surface area contributed by atoms with E-state index in [1.165, 1.54) is 18.2 Å². The predicted molar refractivity (Wildman–Crippen MR) is 73.0 cm³/mol. The maximum Gasteiger partial charge on any atom is 0.460 e. The molecule has 0 saturated heterocycles. The lowest BCUT2D eigenvalue weighted by Gasteiger charge is -2.43. The van der Waals surface area contributed by atoms with Crippen LogP contribution in [0.25, 0.3) is 0 Å². The molecule has 1 rings (SSSR count). The first kappa shape index (κ1) is 23.2. The van der Waals surface area contributed by atoms with Crippen molar-refractivity contribution < 1.29 is 53.8 Å². The van der Waals surface area contributed by atoms with Gasteiger partial charge in [0.15, 0.2) is 5.78 Å². The van der Waals surface area contributed by atoms with Crippen molar-refractivity contribution in [3.05, 3.63) is 35.9 Å². The molecule has 0 fully saturated rings. The molecule has 0 heterocycles. The van der Waals surface area contributed by atoms with E-state index < -0.39 is 41.9 Å². The fourth-order valence-electron chi connectivity index (χ4n) is 2.15. The molecule has 0 spiro atoms. The van der Waals surface area contributed by atoms with Crippen molar-refractivity contribution in [1.82, 2.24) is 0 Å². The Balaban J connectivity index is 3.44. The van der Waals surface area contributed by atoms with Crippen LogP contribution in [0.1, 0.15) is 16.8 Å². The monoisotopic (exact) mass is 412 g/mol. The molecule has 0 N–H and O–H groups in total. The third-order valence-corrected chi connectivity index (χ3v) is 3.77. The summed E-state index contributed by atoms with van der Waals surface area (Å²) in [6.07, 6.45) is -8.77. The van der Waals surface area contributed by atoms with Crippen LogP contribution in [0.5, 0.6) is 0 Å². The molecular formula is C15H13F9O3. The molecule has 0 aromatic heterocycles. The van der Waals surface area contributed by atoms with Gasteiger partial charge in [0.1, 0.15) is 0 Å². The molecule has 1 aromatic carbocycles. The molecule has 12 heteroatoms. The first-order chi connectivity index (χ1) is 12.1. The summed E-state index contributed by atoms with van der Waals surface area (Å²) in [5.41, 5.74) is -0.308. The van der Waals surface area contributed by atoms with Crippen LogP contribution >= 0.6 is 0 Å². The van der Waals surface area contributed by atoms with E-state index in [2.05, 4.69) is 9.47 Å². The van der Waals surface area contributed by atoms with Crippen molar-refractivity contribution in [3.8, 4) is 0 Å². The van der Waals surface area contributed by atoms with Gasteiger partial charge in [-0.3, -0.25) is 4.79 Å². The van der Waals surface area contributed by atoms with Crippen molar-refractivity contribution in [2.45, 2.75) is 36.2 Å². The zero-order valence-electron chi connectivity index (χ0n) is 13.7. The van der Waals surface area contributed by atoms with Crippen molar-refractivity contribution >= 4 is 5.78 Å². The molecule has 0 aliphatic rings. The van der Waals surface area contributed by atoms with E-state index in [1.807, 2.05) is 0 Å². The number of halogens is 9. The lowest BCUT2D eigenvalue weighted by Crippen LogP contribution is -2.70. The summed E-state index contributed by atoms with van der Waals surface area (Å²) < 4.78 is 127. The number of carbonyl (C=O) groups is 1. The summed E-state index contributed by atoms with van der Waals surface area (Å²) >= 11 is 0. The van der Waals surface area contributed by atoms with Gasteiger partial charge >= 0.3 is 23.9 Å². The Hall–Kier alpha value is -1.82. The fraction of sp³-hybridized carbons (Fsp3) is 0.533. The second kappa shape index (κ2) is 7.30. The van der Waals surface area contributed by atoms with Crippen LogP contribution in [0.2, 0.25) is 0 Å². The van der Waals surface area contributed by atoms with Gasteiger partial charge in [-0.2, -0.15) is 39.5 Å². The fourth-order valence-corrected chi connectivity index (χ4v) is 2.15. The third kappa shape index (κ3) is 3.64. The van der Waals surface area contributed by atoms with Crippen LogP contribution in [0.3, 0.4) is 0 Å². The van der Waals surface area contributed by atoms with Gasteiger partial charge in [-0.25, -0.2) is 0 Å². The van der Waals surface area contributed by atoms with Gasteiger partial charge in [-0.1, -0.05) is 30.3 Å². The van der Waals surface area contributed by atoms with Gasteiger partial charge < -0.3 is 9.47 Å². The number of alkyl halides is 9. The average molecular weight is 412 g/mol. The Morgan fingerprint density at radius 2 is 1.22 bits per heavy atom. The number of carbonyl (C=O) groups excluding carboxylic acids is 1. The second-order valence-electron chi connectivity index (χ2n) is 5.35. The highest BCUT2D eigenvalue weighted by Gasteiger charge is 2.86. The van der Waals surface area contributed by atoms with Crippen LogP contribution < -0.4 is 0 Å². The number of hydrogen-bond donors (Lipinski definition) is 0. The Morgan fingerprint density at radius 3 is 1.59 bits per heavy atom. The summed E-state index contributed by atoms with van der Waals surface area (Å²) in [6, 6.07) is 6.14. The number of hydrogen-bond acceptors (Lipinski definition) is 3. The third-order valence-electron chi connectivity index (χ3n) is 3.77. The minimum Gasteiger partial charge on any atom is -0.348 e. The summed E-state index contributed by atoms with van der Waals surface area (Å²) in [7, 11) is 0.606. The topological polar surface area (TPSA) is 35.5 Å². The van der Waals surface area contributed by atoms with Crippen molar-refractivity contribution in [1.29, 1.82) is 0 Å². The van der Waals surface area contributed by atoms with E-state index in [1.54, 1.807) is 0 Å². The molecule has 0 amide bonds. The molecule has 1 aromatic rings. The summed E-state index contributed by atoms with van der Waals surface area (Å²) in [4.78, 5) is 12.1. The highest BCUT2D eigenvalue weighted by molar-refractivity contribution is 5.96. The lowest BCUT2D eigenvalue weighted by atomic mass is 9.90. The lowest BCUT2D eigenvalue weighted by molar-refractivity contribution is -0.444. The predicted octanol–water partition coefficient (Wildman–Crippen LogP) is 4.72. The van der Waals surface area contributed by atoms with Crippen molar-refractivity contribution in [2.75, 3.05) is 14.2 Å². The van der Waals surface area contributed by atoms with Gasteiger partial charge in [-0.05, 0) is 0 Å². The molecule has 0 radical (unpaired) electrons. The molecule has 0 saturated carbocycles. The second-order valence-corrected chi connectivity index (χ2v) is 5.35. The van der Waals surface area contributed by atoms with E-state index in [9.17, 15) is 44.3 Å². The number of ketones is 1. The van der Waals surface area contributed by atoms with Gasteiger partial charge in [0, 0.05) is 19.8 Å². The van der Waals surface area contributed by atoms with Gasteiger partial charge in [0.25, 0.3) is 0 Å². The standard InChI is InChI=1S/C15H13F9O3/c1-26-11(27-2,8-10(25)9-6-4-3-5-7-9)12(16,17)13(18,19)14(20,21)15(22,23)24/h3-7H,8H2,1-2H3. The van der Waals surface area contributed by atoms with E-state index in [0.29, 0.717) is 14.2 Å². The Bertz CT molecular complexity index is 652. The smallest absolute Gasteiger partial charge is 0.348 e. The number of methoxy groups -OCH3 is 2. The number of Topliss-reactive ketones (excluding diaryl/α,β-unsaturated/α-hetero) is 1. The molecule has 3 nitrogen and oxygen atoms in total. The van der Waals surface area contributed by atoms with Crippen LogP contribution in [-0.2, 0) is 9.47 Å². The maximum atomic E-state index is 14.3. The largest absolute Gasteiger partial charge is 0.460 e. The quantitative estimate of drug-likeness (QED) is 0.352. The number of rotatable bonds is 8. The Labute approximate surface area is 147 Å². The van der Waals surface area contributed by atoms with E-state index in [-0.39, 0.29) is 5.56 Å². The minimum atomic E-state index is -7.14. The Kier molecular flexibility index (Phi) is 6.28. The van der Waals surface area contributed by atoms with Crippen LogP contribution in [0.4, 0.5) is 39.5 Å². The summed E-state index contributed by atoms with van der Waals surface area (Å²) in [6.45, 7) is 0. The maximum absolute atomic E-state index is 14.3. The van der Waals surface area contributed by atoms with Crippen LogP contribution in [-0.4, -0.2) is 49.7 Å². The van der Waals surface area contributed by atoms with Crippen molar-refractivity contribution in [3.63, 3.8) is 0 Å². The minimum absolute atomic E-state index is 0.303. The normalized spacial score (nSPS) is 14.3. The molecule has 0 unspecified atom stereocenters. The summed E-state index contributed by atoms with van der Waals surface area (Å²) in [5.74, 6) is -25.8. The van der Waals surface area contributed by atoms with Crippen LogP contribution in [0.15, 0.2) is 30.3 Å². The molecule has 0 atom stereocenters. The van der Waals surface area contributed by atoms with E-state index >= 15 is 0 Å². The molecule has 0 bridgehead atoms. The van der Waals surface area contributed by atoms with Gasteiger partial charge in [0.05, 0.1) is 6.42 Å². The van der Waals surface area contributed by atoms with Gasteiger partial charge in [-0.15, -0.1) is 0 Å². The zero-order chi connectivity index (χ0) is 21.3. The van der Waals surface area contributed by atoms with Crippen LogP contribution in [0, 0.1) is 0 Å². The first-order valence-corrected chi connectivity index (χ1v) is 7.00. The molecular weight excluding hydrogens is 399 g/mol. The highest BCUT2D eigenvalue weighted by Crippen LogP contribution is 2.57. The number of benzene rings is 1. The summed E-state index contributed by atoms with van der Waals surface area (Å²) in [5, 5.41) is 0. The highest BCUT2D eigenvalue weighted by atomic mass is 19.4. The van der Waals surface area contributed by atoms with Gasteiger partial charge in [0.2, 0.25) is 5.79 Å². The zero-order valence-corrected chi connectivity index (χ0v) is 13.7. The molecule has 27 heavy (non-hydrogen) atoms. The molecule has 0 aliphatic carbocycles. The molecule has 0 aliphatic heterocycles. The number of ether oxygens (including phenoxy) is 2. The Morgan fingerprint density at radius 1 is 0.778 bits per heavy atom. The first-order valence-electron chi connectivity index (χ1n) is 7.00. The molecule has 154 valence electrons. The van der Waals surface area contributed by atoms with E-state index in [0.717, 1.165) is 12.1 Å².